The molecule has 1 aliphatic carbocycles. The fraction of sp³-hybridized carbons (Fsp3) is 0.600. The SMILES string of the molecule is CCNCC1CC1(C)c1cc(C)ccc1C. The predicted molar refractivity (Wildman–Crippen MR) is 69.9 cm³/mol. The van der Waals surface area contributed by atoms with Crippen molar-refractivity contribution in [1.82, 2.24) is 5.32 Å². The first kappa shape index (κ1) is 11.7. The number of hydrogen-bond donors (Lipinski definition) is 1. The lowest BCUT2D eigenvalue weighted by molar-refractivity contribution is 0.589. The molecule has 0 aromatic heterocycles. The van der Waals surface area contributed by atoms with Crippen molar-refractivity contribution >= 4 is 0 Å². The lowest BCUT2D eigenvalue weighted by Crippen LogP contribution is -2.20. The molecule has 1 aromatic carbocycles. The van der Waals surface area contributed by atoms with E-state index in [1.165, 1.54) is 24.1 Å². The minimum absolute atomic E-state index is 0.429. The van der Waals surface area contributed by atoms with E-state index in [0.717, 1.165) is 12.5 Å². The number of nitrogens with one attached hydrogen (secondary N) is 1. The molecule has 16 heavy (non-hydrogen) atoms. The molecule has 2 unspecified atom stereocenters. The standard InChI is InChI=1S/C15H23N/c1-5-16-10-13-9-15(13,4)14-8-11(2)6-7-12(14)3/h6-8,13,16H,5,9-10H2,1-4H3. The smallest absolute Gasteiger partial charge is 0.00119 e. The summed E-state index contributed by atoms with van der Waals surface area (Å²) in [7, 11) is 0. The van der Waals surface area contributed by atoms with E-state index in [0.29, 0.717) is 5.41 Å². The van der Waals surface area contributed by atoms with Gasteiger partial charge in [0.05, 0.1) is 0 Å². The van der Waals surface area contributed by atoms with Crippen LogP contribution in [0.25, 0.3) is 0 Å². The third-order valence-corrected chi connectivity index (χ3v) is 4.06. The monoisotopic (exact) mass is 217 g/mol. The minimum Gasteiger partial charge on any atom is -0.317 e. The Labute approximate surface area is 99.3 Å². The van der Waals surface area contributed by atoms with Gasteiger partial charge in [-0.2, -0.15) is 0 Å². The van der Waals surface area contributed by atoms with Crippen LogP contribution in [0.3, 0.4) is 0 Å². The van der Waals surface area contributed by atoms with Crippen LogP contribution in [-0.2, 0) is 5.41 Å². The van der Waals surface area contributed by atoms with E-state index < -0.39 is 0 Å². The van der Waals surface area contributed by atoms with Gasteiger partial charge in [0, 0.05) is 0 Å². The van der Waals surface area contributed by atoms with Crippen molar-refractivity contribution in [3.8, 4) is 0 Å². The average molecular weight is 217 g/mol. The van der Waals surface area contributed by atoms with Gasteiger partial charge in [-0.3, -0.25) is 0 Å². The molecule has 0 bridgehead atoms. The highest BCUT2D eigenvalue weighted by Gasteiger charge is 2.51. The van der Waals surface area contributed by atoms with E-state index >= 15 is 0 Å². The van der Waals surface area contributed by atoms with Gasteiger partial charge in [-0.1, -0.05) is 37.6 Å². The molecule has 0 radical (unpaired) electrons. The maximum Gasteiger partial charge on any atom is -0.00119 e. The van der Waals surface area contributed by atoms with Crippen LogP contribution >= 0.6 is 0 Å². The minimum atomic E-state index is 0.429. The van der Waals surface area contributed by atoms with Crippen molar-refractivity contribution in [2.45, 2.75) is 39.5 Å². The lowest BCUT2D eigenvalue weighted by atomic mass is 9.90. The van der Waals surface area contributed by atoms with Crippen LogP contribution in [0.2, 0.25) is 0 Å². The van der Waals surface area contributed by atoms with Gasteiger partial charge in [-0.05, 0) is 55.8 Å². The van der Waals surface area contributed by atoms with Crippen LogP contribution < -0.4 is 5.32 Å². The lowest BCUT2D eigenvalue weighted by Gasteiger charge is -2.16. The highest BCUT2D eigenvalue weighted by Crippen LogP contribution is 2.54. The van der Waals surface area contributed by atoms with Gasteiger partial charge in [0.25, 0.3) is 0 Å². The van der Waals surface area contributed by atoms with Gasteiger partial charge in [-0.15, -0.1) is 0 Å². The van der Waals surface area contributed by atoms with Gasteiger partial charge >= 0.3 is 0 Å². The molecule has 1 fully saturated rings. The topological polar surface area (TPSA) is 12.0 Å². The van der Waals surface area contributed by atoms with Crippen molar-refractivity contribution in [2.75, 3.05) is 13.1 Å². The highest BCUT2D eigenvalue weighted by molar-refractivity contribution is 5.41. The molecule has 1 aliphatic rings. The van der Waals surface area contributed by atoms with Crippen molar-refractivity contribution in [2.24, 2.45) is 5.92 Å². The number of benzene rings is 1. The first-order valence-corrected chi connectivity index (χ1v) is 6.36. The second kappa shape index (κ2) is 4.21. The summed E-state index contributed by atoms with van der Waals surface area (Å²) in [5, 5.41) is 3.47. The van der Waals surface area contributed by atoms with Gasteiger partial charge < -0.3 is 5.32 Å². The molecule has 0 aliphatic heterocycles. The second-order valence-electron chi connectivity index (χ2n) is 5.44. The summed E-state index contributed by atoms with van der Waals surface area (Å²) in [4.78, 5) is 0. The number of hydrogen-bond acceptors (Lipinski definition) is 1. The summed E-state index contributed by atoms with van der Waals surface area (Å²) in [5.74, 6) is 0.827. The molecule has 2 atom stereocenters. The zero-order chi connectivity index (χ0) is 11.8. The Kier molecular flexibility index (Phi) is 3.07. The molecular weight excluding hydrogens is 194 g/mol. The normalized spacial score (nSPS) is 28.1. The molecule has 0 amide bonds. The van der Waals surface area contributed by atoms with Crippen molar-refractivity contribution in [3.05, 3.63) is 34.9 Å². The second-order valence-corrected chi connectivity index (χ2v) is 5.44. The van der Waals surface area contributed by atoms with E-state index in [9.17, 15) is 0 Å². The molecule has 1 nitrogen and oxygen atoms in total. The highest BCUT2D eigenvalue weighted by atomic mass is 14.9. The summed E-state index contributed by atoms with van der Waals surface area (Å²) >= 11 is 0. The first-order chi connectivity index (χ1) is 7.58. The average Bonchev–Trinajstić information content (AvgIpc) is 2.91. The van der Waals surface area contributed by atoms with Gasteiger partial charge in [0.2, 0.25) is 0 Å². The molecule has 1 heteroatoms. The Morgan fingerprint density at radius 3 is 2.81 bits per heavy atom. The van der Waals surface area contributed by atoms with Crippen LogP contribution in [0.1, 0.15) is 37.0 Å². The van der Waals surface area contributed by atoms with Crippen LogP contribution in [0.15, 0.2) is 18.2 Å². The summed E-state index contributed by atoms with van der Waals surface area (Å²) in [6, 6.07) is 6.85. The van der Waals surface area contributed by atoms with Crippen LogP contribution in [0.5, 0.6) is 0 Å². The quantitative estimate of drug-likeness (QED) is 0.816. The maximum atomic E-state index is 3.47. The van der Waals surface area contributed by atoms with E-state index in [2.05, 4.69) is 51.2 Å². The Balaban J connectivity index is 2.16. The Morgan fingerprint density at radius 2 is 2.12 bits per heavy atom. The number of rotatable bonds is 4. The summed E-state index contributed by atoms with van der Waals surface area (Å²) in [6.07, 6.45) is 1.34. The van der Waals surface area contributed by atoms with Gasteiger partial charge in [0.1, 0.15) is 0 Å². The summed E-state index contributed by atoms with van der Waals surface area (Å²) < 4.78 is 0. The molecule has 1 saturated carbocycles. The maximum absolute atomic E-state index is 3.47. The molecule has 88 valence electrons. The fourth-order valence-corrected chi connectivity index (χ4v) is 2.75. The van der Waals surface area contributed by atoms with E-state index in [1.807, 2.05) is 0 Å². The van der Waals surface area contributed by atoms with Crippen molar-refractivity contribution in [1.29, 1.82) is 0 Å². The first-order valence-electron chi connectivity index (χ1n) is 6.36. The molecule has 0 heterocycles. The third kappa shape index (κ3) is 2.01. The fourth-order valence-electron chi connectivity index (χ4n) is 2.75. The largest absolute Gasteiger partial charge is 0.317 e. The third-order valence-electron chi connectivity index (χ3n) is 4.06. The molecule has 1 aromatic rings. The number of aryl methyl sites for hydroxylation is 2. The van der Waals surface area contributed by atoms with E-state index in [1.54, 1.807) is 5.56 Å². The van der Waals surface area contributed by atoms with E-state index in [-0.39, 0.29) is 0 Å². The Hall–Kier alpha value is -0.820. The van der Waals surface area contributed by atoms with E-state index in [4.69, 9.17) is 0 Å². The van der Waals surface area contributed by atoms with Gasteiger partial charge in [-0.25, -0.2) is 0 Å². The Morgan fingerprint density at radius 1 is 1.38 bits per heavy atom. The summed E-state index contributed by atoms with van der Waals surface area (Å²) in [5.41, 5.74) is 4.83. The van der Waals surface area contributed by atoms with Crippen molar-refractivity contribution < 1.29 is 0 Å². The molecule has 1 N–H and O–H groups in total. The molecular formula is C15H23N. The zero-order valence-electron chi connectivity index (χ0n) is 10.9. The summed E-state index contributed by atoms with van der Waals surface area (Å²) in [6.45, 7) is 11.3. The zero-order valence-corrected chi connectivity index (χ0v) is 10.9. The Bertz CT molecular complexity index is 383. The van der Waals surface area contributed by atoms with Gasteiger partial charge in [0.15, 0.2) is 0 Å². The van der Waals surface area contributed by atoms with Crippen LogP contribution in [0.4, 0.5) is 0 Å². The van der Waals surface area contributed by atoms with Crippen LogP contribution in [-0.4, -0.2) is 13.1 Å². The van der Waals surface area contributed by atoms with Crippen LogP contribution in [0, 0.1) is 19.8 Å². The predicted octanol–water partition coefficient (Wildman–Crippen LogP) is 3.19. The molecule has 2 rings (SSSR count). The molecule has 0 spiro atoms. The van der Waals surface area contributed by atoms with Crippen molar-refractivity contribution in [3.63, 3.8) is 0 Å². The molecule has 0 saturated heterocycles.